The van der Waals surface area contributed by atoms with Crippen molar-refractivity contribution < 1.29 is 13.5 Å². The molecule has 0 atom stereocenters. The number of sulfonamides is 1. The van der Waals surface area contributed by atoms with Crippen molar-refractivity contribution in [3.05, 3.63) is 53.3 Å². The van der Waals surface area contributed by atoms with Gasteiger partial charge in [-0.15, -0.1) is 0 Å². The minimum absolute atomic E-state index is 0.126. The fourth-order valence-electron chi connectivity index (χ4n) is 1.81. The fourth-order valence-corrected chi connectivity index (χ4v) is 2.91. The normalized spacial score (nSPS) is 11.3. The number of aromatic nitrogens is 1. The number of benzene rings is 1. The Labute approximate surface area is 118 Å². The SMILES string of the molecule is Cc1cc(NS(=O)(=O)c2ccc(C)c(CO)c2)ccn1. The number of pyridine rings is 1. The number of aliphatic hydroxyl groups excluding tert-OH is 1. The first-order valence-corrected chi connectivity index (χ1v) is 7.56. The van der Waals surface area contributed by atoms with Crippen molar-refractivity contribution in [1.82, 2.24) is 4.98 Å². The number of hydrogen-bond donors (Lipinski definition) is 2. The Hall–Kier alpha value is -1.92. The zero-order valence-corrected chi connectivity index (χ0v) is 12.1. The second-order valence-electron chi connectivity index (χ2n) is 4.54. The van der Waals surface area contributed by atoms with Crippen molar-refractivity contribution in [3.63, 3.8) is 0 Å². The van der Waals surface area contributed by atoms with Crippen LogP contribution in [0.3, 0.4) is 0 Å². The molecule has 20 heavy (non-hydrogen) atoms. The molecule has 5 nitrogen and oxygen atoms in total. The summed E-state index contributed by atoms with van der Waals surface area (Å²) < 4.78 is 27.1. The maximum absolute atomic E-state index is 12.3. The van der Waals surface area contributed by atoms with Gasteiger partial charge < -0.3 is 5.11 Å². The highest BCUT2D eigenvalue weighted by molar-refractivity contribution is 7.92. The van der Waals surface area contributed by atoms with Crippen LogP contribution in [0.4, 0.5) is 5.69 Å². The van der Waals surface area contributed by atoms with Gasteiger partial charge in [-0.1, -0.05) is 6.07 Å². The summed E-state index contributed by atoms with van der Waals surface area (Å²) in [5, 5.41) is 9.21. The quantitative estimate of drug-likeness (QED) is 0.903. The average molecular weight is 292 g/mol. The lowest BCUT2D eigenvalue weighted by atomic mass is 10.1. The van der Waals surface area contributed by atoms with Gasteiger partial charge in [-0.2, -0.15) is 0 Å². The van der Waals surface area contributed by atoms with Crippen LogP contribution in [0.5, 0.6) is 0 Å². The van der Waals surface area contributed by atoms with E-state index in [1.165, 1.54) is 12.1 Å². The predicted octanol–water partition coefficient (Wildman–Crippen LogP) is 1.99. The maximum atomic E-state index is 12.3. The van der Waals surface area contributed by atoms with E-state index in [9.17, 15) is 13.5 Å². The van der Waals surface area contributed by atoms with Gasteiger partial charge in [0.1, 0.15) is 0 Å². The second-order valence-corrected chi connectivity index (χ2v) is 6.22. The minimum Gasteiger partial charge on any atom is -0.392 e. The Bertz CT molecular complexity index is 727. The van der Waals surface area contributed by atoms with Gasteiger partial charge in [-0.05, 0) is 49.2 Å². The lowest BCUT2D eigenvalue weighted by molar-refractivity contribution is 0.281. The molecule has 0 fully saturated rings. The van der Waals surface area contributed by atoms with E-state index in [-0.39, 0.29) is 11.5 Å². The molecule has 0 aliphatic carbocycles. The van der Waals surface area contributed by atoms with E-state index in [1.807, 2.05) is 6.92 Å². The molecule has 0 aliphatic rings. The maximum Gasteiger partial charge on any atom is 0.261 e. The molecule has 1 aromatic heterocycles. The molecule has 0 spiro atoms. The number of nitrogens with zero attached hydrogens (tertiary/aromatic N) is 1. The highest BCUT2D eigenvalue weighted by Crippen LogP contribution is 2.19. The molecule has 0 saturated carbocycles. The van der Waals surface area contributed by atoms with Gasteiger partial charge in [-0.3, -0.25) is 9.71 Å². The topological polar surface area (TPSA) is 79.3 Å². The van der Waals surface area contributed by atoms with E-state index < -0.39 is 10.0 Å². The molecule has 2 rings (SSSR count). The molecule has 0 bridgehead atoms. The molecule has 2 N–H and O–H groups in total. The van der Waals surface area contributed by atoms with Crippen LogP contribution in [0, 0.1) is 13.8 Å². The number of nitrogens with one attached hydrogen (secondary N) is 1. The smallest absolute Gasteiger partial charge is 0.261 e. The Morgan fingerprint density at radius 3 is 2.60 bits per heavy atom. The van der Waals surface area contributed by atoms with E-state index in [2.05, 4.69) is 9.71 Å². The van der Waals surface area contributed by atoms with Crippen LogP contribution in [0.25, 0.3) is 0 Å². The zero-order chi connectivity index (χ0) is 14.8. The van der Waals surface area contributed by atoms with Crippen molar-refractivity contribution in [2.24, 2.45) is 0 Å². The van der Waals surface area contributed by atoms with E-state index in [0.29, 0.717) is 11.3 Å². The Morgan fingerprint density at radius 1 is 1.20 bits per heavy atom. The summed E-state index contributed by atoms with van der Waals surface area (Å²) in [5.41, 5.74) is 2.64. The van der Waals surface area contributed by atoms with Crippen molar-refractivity contribution in [3.8, 4) is 0 Å². The molecule has 2 aromatic rings. The van der Waals surface area contributed by atoms with E-state index in [4.69, 9.17) is 0 Å². The number of aliphatic hydroxyl groups is 1. The third kappa shape index (κ3) is 3.15. The van der Waals surface area contributed by atoms with Crippen LogP contribution in [0.1, 0.15) is 16.8 Å². The summed E-state index contributed by atoms with van der Waals surface area (Å²) in [4.78, 5) is 4.14. The average Bonchev–Trinajstić information content (AvgIpc) is 2.38. The summed E-state index contributed by atoms with van der Waals surface area (Å²) in [6, 6.07) is 7.92. The molecule has 0 saturated heterocycles. The third-order valence-corrected chi connectivity index (χ3v) is 4.33. The van der Waals surface area contributed by atoms with Crippen molar-refractivity contribution in [2.45, 2.75) is 25.3 Å². The van der Waals surface area contributed by atoms with E-state index in [0.717, 1.165) is 11.3 Å². The summed E-state index contributed by atoms with van der Waals surface area (Å²) in [7, 11) is -3.67. The molecular formula is C14H16N2O3S. The summed E-state index contributed by atoms with van der Waals surface area (Å²) in [5.74, 6) is 0. The molecule has 1 heterocycles. The summed E-state index contributed by atoms with van der Waals surface area (Å²) in [6.45, 7) is 3.42. The van der Waals surface area contributed by atoms with Crippen molar-refractivity contribution in [2.75, 3.05) is 4.72 Å². The first-order chi connectivity index (χ1) is 9.42. The van der Waals surface area contributed by atoms with Crippen LogP contribution >= 0.6 is 0 Å². The Kier molecular flexibility index (Phi) is 4.06. The molecular weight excluding hydrogens is 276 g/mol. The predicted molar refractivity (Wildman–Crippen MR) is 76.9 cm³/mol. The monoisotopic (exact) mass is 292 g/mol. The first-order valence-electron chi connectivity index (χ1n) is 6.08. The molecule has 106 valence electrons. The van der Waals surface area contributed by atoms with Crippen LogP contribution in [0.15, 0.2) is 41.4 Å². The first kappa shape index (κ1) is 14.5. The molecule has 6 heteroatoms. The number of hydrogen-bond acceptors (Lipinski definition) is 4. The Morgan fingerprint density at radius 2 is 1.95 bits per heavy atom. The third-order valence-electron chi connectivity index (χ3n) is 2.95. The lowest BCUT2D eigenvalue weighted by Gasteiger charge is -2.10. The van der Waals surface area contributed by atoms with Crippen molar-refractivity contribution in [1.29, 1.82) is 0 Å². The number of rotatable bonds is 4. The number of anilines is 1. The minimum atomic E-state index is -3.67. The molecule has 0 radical (unpaired) electrons. The fraction of sp³-hybridized carbons (Fsp3) is 0.214. The van der Waals surface area contributed by atoms with Gasteiger partial charge in [0.15, 0.2) is 0 Å². The van der Waals surface area contributed by atoms with Crippen molar-refractivity contribution >= 4 is 15.7 Å². The highest BCUT2D eigenvalue weighted by Gasteiger charge is 2.15. The Balaban J connectivity index is 2.35. The van der Waals surface area contributed by atoms with Crippen LogP contribution < -0.4 is 4.72 Å². The van der Waals surface area contributed by atoms with Crippen LogP contribution in [-0.2, 0) is 16.6 Å². The zero-order valence-electron chi connectivity index (χ0n) is 11.3. The standard InChI is InChI=1S/C14H16N2O3S/c1-10-3-4-14(8-12(10)9-17)20(18,19)16-13-5-6-15-11(2)7-13/h3-8,17H,9H2,1-2H3,(H,15,16). The van der Waals surface area contributed by atoms with Crippen LogP contribution in [0.2, 0.25) is 0 Å². The van der Waals surface area contributed by atoms with Gasteiger partial charge in [0, 0.05) is 11.9 Å². The second kappa shape index (κ2) is 5.60. The highest BCUT2D eigenvalue weighted by atomic mass is 32.2. The lowest BCUT2D eigenvalue weighted by Crippen LogP contribution is -2.13. The summed E-state index contributed by atoms with van der Waals surface area (Å²) >= 11 is 0. The molecule has 0 amide bonds. The molecule has 0 aliphatic heterocycles. The van der Waals surface area contributed by atoms with Gasteiger partial charge in [0.05, 0.1) is 17.2 Å². The van der Waals surface area contributed by atoms with Gasteiger partial charge in [0.2, 0.25) is 0 Å². The molecule has 0 unspecified atom stereocenters. The van der Waals surface area contributed by atoms with E-state index >= 15 is 0 Å². The van der Waals surface area contributed by atoms with E-state index in [1.54, 1.807) is 31.3 Å². The van der Waals surface area contributed by atoms with Gasteiger partial charge in [-0.25, -0.2) is 8.42 Å². The summed E-state index contributed by atoms with van der Waals surface area (Å²) in [6.07, 6.45) is 1.54. The largest absolute Gasteiger partial charge is 0.392 e. The van der Waals surface area contributed by atoms with Gasteiger partial charge >= 0.3 is 0 Å². The van der Waals surface area contributed by atoms with Crippen LogP contribution in [-0.4, -0.2) is 18.5 Å². The van der Waals surface area contributed by atoms with Gasteiger partial charge in [0.25, 0.3) is 10.0 Å². The molecule has 1 aromatic carbocycles. The number of aryl methyl sites for hydroxylation is 2.